The molecule has 3 heterocycles. The molecule has 21 heavy (non-hydrogen) atoms. The summed E-state index contributed by atoms with van der Waals surface area (Å²) in [5.41, 5.74) is 0. The zero-order valence-corrected chi connectivity index (χ0v) is 13.7. The van der Waals surface area contributed by atoms with E-state index in [2.05, 4.69) is 32.4 Å². The summed E-state index contributed by atoms with van der Waals surface area (Å²) in [5, 5.41) is 7.21. The van der Waals surface area contributed by atoms with Gasteiger partial charge >= 0.3 is 0 Å². The molecule has 1 saturated carbocycles. The van der Waals surface area contributed by atoms with E-state index in [0.717, 1.165) is 31.2 Å². The van der Waals surface area contributed by atoms with E-state index in [4.69, 9.17) is 0 Å². The lowest BCUT2D eigenvalue weighted by Gasteiger charge is -2.33. The zero-order chi connectivity index (χ0) is 14.2. The van der Waals surface area contributed by atoms with Gasteiger partial charge in [0.05, 0.1) is 0 Å². The number of likely N-dealkylation sites (tertiary alicyclic amines) is 1. The van der Waals surface area contributed by atoms with Gasteiger partial charge in [-0.3, -0.25) is 4.90 Å². The van der Waals surface area contributed by atoms with Crippen molar-refractivity contribution < 1.29 is 0 Å². The lowest BCUT2D eigenvalue weighted by Crippen LogP contribution is -2.47. The van der Waals surface area contributed by atoms with Gasteiger partial charge in [-0.15, -0.1) is 11.3 Å². The molecule has 2 aliphatic heterocycles. The lowest BCUT2D eigenvalue weighted by atomic mass is 10.0. The van der Waals surface area contributed by atoms with Crippen molar-refractivity contribution >= 4 is 16.5 Å². The van der Waals surface area contributed by atoms with Crippen LogP contribution in [0.4, 0.5) is 5.13 Å². The number of aromatic nitrogens is 1. The number of hydrogen-bond donors (Lipinski definition) is 1. The largest absolute Gasteiger partial charge is 0.348 e. The molecule has 0 bridgehead atoms. The van der Waals surface area contributed by atoms with Gasteiger partial charge in [-0.25, -0.2) is 4.98 Å². The maximum atomic E-state index is 4.43. The third kappa shape index (κ3) is 3.10. The van der Waals surface area contributed by atoms with E-state index >= 15 is 0 Å². The van der Waals surface area contributed by atoms with Crippen LogP contribution in [0.15, 0.2) is 11.6 Å². The second kappa shape index (κ2) is 5.86. The predicted molar refractivity (Wildman–Crippen MR) is 88.1 cm³/mol. The molecule has 3 aliphatic rings. The van der Waals surface area contributed by atoms with Crippen LogP contribution in [0, 0.1) is 0 Å². The highest BCUT2D eigenvalue weighted by Gasteiger charge is 2.39. The van der Waals surface area contributed by atoms with Crippen LogP contribution in [0.25, 0.3) is 0 Å². The number of nitrogens with one attached hydrogen (secondary N) is 1. The van der Waals surface area contributed by atoms with Crippen LogP contribution in [0.1, 0.15) is 39.0 Å². The van der Waals surface area contributed by atoms with Crippen LogP contribution in [-0.4, -0.2) is 53.7 Å². The molecule has 0 amide bonds. The number of hydrogen-bond acceptors (Lipinski definition) is 5. The quantitative estimate of drug-likeness (QED) is 0.925. The standard InChI is InChI=1S/C16H26N4S/c1-12-10-14(11-20(12)15-2-3-15)18-13-4-7-19(8-5-13)16-17-6-9-21-16/h6,9,12-15,18H,2-5,7-8,10-11H2,1H3/t12-,14+/m0/s1. The molecule has 2 atom stereocenters. The molecular weight excluding hydrogens is 280 g/mol. The number of piperidine rings is 1. The van der Waals surface area contributed by atoms with Gasteiger partial charge < -0.3 is 10.2 Å². The van der Waals surface area contributed by atoms with Gasteiger partial charge in [0.25, 0.3) is 0 Å². The maximum absolute atomic E-state index is 4.43. The summed E-state index contributed by atoms with van der Waals surface area (Å²) < 4.78 is 0. The Morgan fingerprint density at radius 2 is 2.00 bits per heavy atom. The summed E-state index contributed by atoms with van der Waals surface area (Å²) in [6.07, 6.45) is 8.63. The van der Waals surface area contributed by atoms with Gasteiger partial charge in [0.15, 0.2) is 5.13 Å². The minimum Gasteiger partial charge on any atom is -0.348 e. The van der Waals surface area contributed by atoms with Crippen molar-refractivity contribution in [2.45, 2.75) is 63.2 Å². The molecule has 1 aromatic rings. The highest BCUT2D eigenvalue weighted by Crippen LogP contribution is 2.33. The fraction of sp³-hybridized carbons (Fsp3) is 0.812. The first kappa shape index (κ1) is 14.0. The van der Waals surface area contributed by atoms with E-state index in [1.807, 2.05) is 6.20 Å². The van der Waals surface area contributed by atoms with E-state index in [1.165, 1.54) is 43.8 Å². The summed E-state index contributed by atoms with van der Waals surface area (Å²) in [4.78, 5) is 9.61. The molecule has 4 nitrogen and oxygen atoms in total. The molecule has 116 valence electrons. The zero-order valence-electron chi connectivity index (χ0n) is 12.9. The van der Waals surface area contributed by atoms with Crippen LogP contribution in [0.2, 0.25) is 0 Å². The Hall–Kier alpha value is -0.650. The monoisotopic (exact) mass is 306 g/mol. The van der Waals surface area contributed by atoms with Crippen molar-refractivity contribution in [1.82, 2.24) is 15.2 Å². The van der Waals surface area contributed by atoms with E-state index in [1.54, 1.807) is 11.3 Å². The molecule has 3 fully saturated rings. The number of nitrogens with zero attached hydrogens (tertiary/aromatic N) is 3. The molecule has 1 aromatic heterocycles. The van der Waals surface area contributed by atoms with Crippen LogP contribution >= 0.6 is 11.3 Å². The third-order valence-electron chi connectivity index (χ3n) is 5.30. The van der Waals surface area contributed by atoms with Crippen molar-refractivity contribution in [3.05, 3.63) is 11.6 Å². The Labute approximate surface area is 131 Å². The molecule has 2 saturated heterocycles. The topological polar surface area (TPSA) is 31.4 Å². The highest BCUT2D eigenvalue weighted by atomic mass is 32.1. The molecule has 0 aromatic carbocycles. The minimum absolute atomic E-state index is 0.706. The summed E-state index contributed by atoms with van der Waals surface area (Å²) in [5.74, 6) is 0. The van der Waals surface area contributed by atoms with Crippen molar-refractivity contribution in [2.75, 3.05) is 24.5 Å². The van der Waals surface area contributed by atoms with E-state index in [0.29, 0.717) is 6.04 Å². The lowest BCUT2D eigenvalue weighted by molar-refractivity contribution is 0.252. The Morgan fingerprint density at radius 1 is 1.19 bits per heavy atom. The Bertz CT molecular complexity index is 451. The molecule has 5 heteroatoms. The number of anilines is 1. The molecule has 0 spiro atoms. The fourth-order valence-corrected chi connectivity index (χ4v) is 4.73. The summed E-state index contributed by atoms with van der Waals surface area (Å²) in [6.45, 7) is 5.99. The molecule has 4 rings (SSSR count). The highest BCUT2D eigenvalue weighted by molar-refractivity contribution is 7.13. The molecule has 0 unspecified atom stereocenters. The van der Waals surface area contributed by atoms with Gasteiger partial charge in [-0.05, 0) is 39.0 Å². The van der Waals surface area contributed by atoms with Gasteiger partial charge in [0.1, 0.15) is 0 Å². The number of thiazole rings is 1. The van der Waals surface area contributed by atoms with Gasteiger partial charge in [0.2, 0.25) is 0 Å². The van der Waals surface area contributed by atoms with Crippen molar-refractivity contribution in [3.63, 3.8) is 0 Å². The predicted octanol–water partition coefficient (Wildman–Crippen LogP) is 2.33. The third-order valence-corrected chi connectivity index (χ3v) is 6.13. The van der Waals surface area contributed by atoms with E-state index in [9.17, 15) is 0 Å². The Kier molecular flexibility index (Phi) is 3.90. The SMILES string of the molecule is C[C@H]1C[C@@H](NC2CCN(c3nccs3)CC2)CN1C1CC1. The van der Waals surface area contributed by atoms with Crippen LogP contribution in [0.3, 0.4) is 0 Å². The molecular formula is C16H26N4S. The summed E-state index contributed by atoms with van der Waals surface area (Å²) in [7, 11) is 0. The van der Waals surface area contributed by atoms with E-state index in [-0.39, 0.29) is 0 Å². The van der Waals surface area contributed by atoms with Gasteiger partial charge in [0, 0.05) is 55.4 Å². The normalized spacial score (nSPS) is 32.0. The van der Waals surface area contributed by atoms with Gasteiger partial charge in [-0.2, -0.15) is 0 Å². The maximum Gasteiger partial charge on any atom is 0.185 e. The first-order chi connectivity index (χ1) is 10.3. The fourth-order valence-electron chi connectivity index (χ4n) is 4.03. The summed E-state index contributed by atoms with van der Waals surface area (Å²) in [6, 6.07) is 3.12. The second-order valence-corrected chi connectivity index (χ2v) is 7.83. The second-order valence-electron chi connectivity index (χ2n) is 6.95. The summed E-state index contributed by atoms with van der Waals surface area (Å²) >= 11 is 1.76. The van der Waals surface area contributed by atoms with Crippen LogP contribution < -0.4 is 10.2 Å². The Morgan fingerprint density at radius 3 is 2.67 bits per heavy atom. The van der Waals surface area contributed by atoms with Gasteiger partial charge in [-0.1, -0.05) is 0 Å². The molecule has 1 aliphatic carbocycles. The van der Waals surface area contributed by atoms with E-state index < -0.39 is 0 Å². The van der Waals surface area contributed by atoms with Crippen molar-refractivity contribution in [2.24, 2.45) is 0 Å². The minimum atomic E-state index is 0.706. The first-order valence-corrected chi connectivity index (χ1v) is 9.34. The van der Waals surface area contributed by atoms with Crippen molar-refractivity contribution in [3.8, 4) is 0 Å². The van der Waals surface area contributed by atoms with Crippen LogP contribution in [-0.2, 0) is 0 Å². The number of rotatable bonds is 4. The van der Waals surface area contributed by atoms with Crippen LogP contribution in [0.5, 0.6) is 0 Å². The molecule has 0 radical (unpaired) electrons. The smallest absolute Gasteiger partial charge is 0.185 e. The average molecular weight is 306 g/mol. The average Bonchev–Trinajstić information content (AvgIpc) is 3.05. The van der Waals surface area contributed by atoms with Crippen molar-refractivity contribution in [1.29, 1.82) is 0 Å². The first-order valence-electron chi connectivity index (χ1n) is 8.46. The molecule has 1 N–H and O–H groups in total. The Balaban J connectivity index is 1.25.